The maximum atomic E-state index is 9.44. The van der Waals surface area contributed by atoms with E-state index in [0.29, 0.717) is 5.46 Å². The number of hydrogen-bond acceptors (Lipinski definition) is 2. The van der Waals surface area contributed by atoms with Gasteiger partial charge in [0.15, 0.2) is 0 Å². The molecule has 11 aromatic carbocycles. The smallest absolute Gasteiger partial charge is 0.423 e. The Morgan fingerprint density at radius 2 is 0.797 bits per heavy atom. The van der Waals surface area contributed by atoms with E-state index in [1.165, 1.54) is 65.4 Å². The van der Waals surface area contributed by atoms with Gasteiger partial charge < -0.3 is 10.0 Å². The first-order valence-corrected chi connectivity index (χ1v) is 22.2. The van der Waals surface area contributed by atoms with Crippen LogP contribution >= 0.6 is 15.9 Å². The minimum atomic E-state index is -1.45. The van der Waals surface area contributed by atoms with Gasteiger partial charge in [0.1, 0.15) is 15.3 Å². The molecule has 0 spiro atoms. The molecule has 1 aliphatic carbocycles. The van der Waals surface area contributed by atoms with Crippen molar-refractivity contribution in [1.82, 2.24) is 0 Å². The fourth-order valence-corrected chi connectivity index (χ4v) is 9.66. The molecule has 1 aliphatic rings. The van der Waals surface area contributed by atoms with E-state index in [1.807, 2.05) is 60.7 Å². The normalized spacial score (nSPS) is 11.3. The molecule has 0 aliphatic heterocycles. The second-order valence-corrected chi connectivity index (χ2v) is 16.6. The molecule has 12 rings (SSSR count). The Morgan fingerprint density at radius 3 is 1.41 bits per heavy atom. The second kappa shape index (κ2) is 18.1. The van der Waals surface area contributed by atoms with Crippen molar-refractivity contribution in [3.8, 4) is 33.4 Å². The van der Waals surface area contributed by atoms with Crippen molar-refractivity contribution < 1.29 is 10.0 Å². The van der Waals surface area contributed by atoms with E-state index >= 15 is 0 Å². The Hall–Kier alpha value is -7.43. The lowest BCUT2D eigenvalue weighted by atomic mass is 9.76. The van der Waals surface area contributed by atoms with Crippen LogP contribution in [0, 0.1) is 0 Å². The van der Waals surface area contributed by atoms with Crippen LogP contribution in [0.3, 0.4) is 0 Å². The predicted octanol–water partition coefficient (Wildman–Crippen LogP) is 12.9. The summed E-state index contributed by atoms with van der Waals surface area (Å²) < 4.78 is 1.16. The van der Waals surface area contributed by atoms with Gasteiger partial charge in [0.05, 0.1) is 10.8 Å². The molecule has 64 heavy (non-hydrogen) atoms. The topological polar surface area (TPSA) is 40.5 Å². The molecule has 0 saturated heterocycles. The highest BCUT2D eigenvalue weighted by atomic mass is 79.9. The lowest BCUT2D eigenvalue weighted by molar-refractivity contribution is 0.426. The van der Waals surface area contributed by atoms with Gasteiger partial charge in [-0.1, -0.05) is 182 Å². The van der Waals surface area contributed by atoms with Crippen molar-refractivity contribution >= 4 is 82.2 Å². The summed E-state index contributed by atoms with van der Waals surface area (Å²) in [5.74, 6) is 0. The molecule has 0 amide bonds. The van der Waals surface area contributed by atoms with Crippen LogP contribution in [0.1, 0.15) is 11.1 Å². The maximum Gasteiger partial charge on any atom is 0.489 e. The van der Waals surface area contributed by atoms with Crippen molar-refractivity contribution in [2.45, 2.75) is 0 Å². The summed E-state index contributed by atoms with van der Waals surface area (Å²) in [5.41, 5.74) is 10.3. The Labute approximate surface area is 381 Å². The molecule has 0 radical (unpaired) electrons. The first-order chi connectivity index (χ1) is 31.5. The molecular formula is C60H41BBrO2+. The second-order valence-electron chi connectivity index (χ2n) is 15.8. The van der Waals surface area contributed by atoms with Crippen LogP contribution in [0.15, 0.2) is 237 Å². The van der Waals surface area contributed by atoms with E-state index < -0.39 is 7.12 Å². The molecule has 0 heterocycles. The molecule has 302 valence electrons. The number of rotatable bonds is 4. The van der Waals surface area contributed by atoms with E-state index in [0.717, 1.165) is 37.2 Å². The number of fused-ring (bicyclic) bond motifs is 6. The third-order valence-corrected chi connectivity index (χ3v) is 12.8. The third kappa shape index (κ3) is 7.93. The minimum absolute atomic E-state index is 0.537. The number of hydrogen-bond donors (Lipinski definition) is 2. The van der Waals surface area contributed by atoms with Gasteiger partial charge in [-0.3, -0.25) is 0 Å². The monoisotopic (exact) mass is 883 g/mol. The molecule has 0 unspecified atom stereocenters. The van der Waals surface area contributed by atoms with Crippen molar-refractivity contribution in [2.75, 3.05) is 0 Å². The maximum absolute atomic E-state index is 9.44. The first kappa shape index (κ1) is 40.6. The molecule has 0 saturated carbocycles. The highest BCUT2D eigenvalue weighted by Gasteiger charge is 2.18. The van der Waals surface area contributed by atoms with Gasteiger partial charge >= 0.3 is 7.12 Å². The van der Waals surface area contributed by atoms with Gasteiger partial charge in [0.2, 0.25) is 0 Å². The van der Waals surface area contributed by atoms with Crippen LogP contribution in [-0.2, 0) is 0 Å². The highest BCUT2D eigenvalue weighted by molar-refractivity contribution is 9.15. The summed E-state index contributed by atoms with van der Waals surface area (Å²) in [4.78, 5) is 0. The Kier molecular flexibility index (Phi) is 11.5. The van der Waals surface area contributed by atoms with E-state index in [9.17, 15) is 10.0 Å². The largest absolute Gasteiger partial charge is 0.489 e. The van der Waals surface area contributed by atoms with Crippen LogP contribution < -0.4 is 15.9 Å². The molecule has 4 heteroatoms. The van der Waals surface area contributed by atoms with Crippen molar-refractivity contribution in [3.05, 3.63) is 258 Å². The zero-order valence-corrected chi connectivity index (χ0v) is 36.5. The Bertz CT molecular complexity index is 3550. The Morgan fingerprint density at radius 1 is 0.359 bits per heavy atom. The van der Waals surface area contributed by atoms with Gasteiger partial charge in [-0.05, 0) is 140 Å². The summed E-state index contributed by atoms with van der Waals surface area (Å²) >= 11 is 3.66. The van der Waals surface area contributed by atoms with Gasteiger partial charge in [0.25, 0.3) is 0 Å². The summed E-state index contributed by atoms with van der Waals surface area (Å²) in [7, 11) is -1.45. The lowest BCUT2D eigenvalue weighted by Crippen LogP contribution is -2.30. The molecular weight excluding hydrogens is 843 g/mol. The zero-order chi connectivity index (χ0) is 43.4. The van der Waals surface area contributed by atoms with Crippen molar-refractivity contribution in [1.29, 1.82) is 0 Å². The molecule has 0 atom stereocenters. The van der Waals surface area contributed by atoms with Crippen molar-refractivity contribution in [3.63, 3.8) is 0 Å². The molecule has 0 bridgehead atoms. The average Bonchev–Trinajstić information content (AvgIpc) is 3.36. The SMILES string of the molecule is BrC1=c2ccccc2=[C+]c2ccccc21.OB(O)c1ccc(-c2ccccc2)c2ccccc12.c1ccc(-c2ccc(-c3c4ccccc4cc4ccccc34)c3ccccc23)cc1. The average molecular weight is 885 g/mol. The van der Waals surface area contributed by atoms with Gasteiger partial charge in [-0.2, -0.15) is 0 Å². The van der Waals surface area contributed by atoms with Crippen LogP contribution in [0.4, 0.5) is 0 Å². The highest BCUT2D eigenvalue weighted by Crippen LogP contribution is 2.42. The molecule has 2 N–H and O–H groups in total. The van der Waals surface area contributed by atoms with Gasteiger partial charge in [0, 0.05) is 18.2 Å². The summed E-state index contributed by atoms with van der Waals surface area (Å²) in [6.45, 7) is 0. The van der Waals surface area contributed by atoms with Gasteiger partial charge in [-0.25, -0.2) is 0 Å². The fraction of sp³-hybridized carbons (Fsp3) is 0. The van der Waals surface area contributed by atoms with E-state index in [1.54, 1.807) is 6.07 Å². The third-order valence-electron chi connectivity index (χ3n) is 12.0. The lowest BCUT2D eigenvalue weighted by Gasteiger charge is -2.16. The fourth-order valence-electron chi connectivity index (χ4n) is 8.96. The number of benzene rings is 11. The zero-order valence-electron chi connectivity index (χ0n) is 34.9. The standard InChI is InChI=1S/C30H20.C16H13BO2.C14H8Br/c1-2-10-21(11-3-1)24-18-19-29(28-17-9-8-16-27(24)28)30-25-14-6-4-12-22(25)20-23-13-5-7-15-26(23)30;18-17(19)16-11-10-13(12-6-2-1-3-7-12)14-8-4-5-9-15(14)16;15-14-12-7-3-1-5-10(12)9-11-6-2-4-8-13(11)14/h1-20H;1-11,18-19H;1-8H/q;;+1. The number of halogens is 1. The summed E-state index contributed by atoms with van der Waals surface area (Å²) in [6.07, 6.45) is 3.42. The summed E-state index contributed by atoms with van der Waals surface area (Å²) in [5, 5.41) is 30.9. The molecule has 0 aromatic heterocycles. The minimum Gasteiger partial charge on any atom is -0.423 e. The quantitative estimate of drug-likeness (QED) is 0.105. The van der Waals surface area contributed by atoms with Crippen LogP contribution in [-0.4, -0.2) is 17.2 Å². The summed E-state index contributed by atoms with van der Waals surface area (Å²) in [6, 6.07) is 82.0. The first-order valence-electron chi connectivity index (χ1n) is 21.4. The predicted molar refractivity (Wildman–Crippen MR) is 275 cm³/mol. The molecule has 0 fully saturated rings. The van der Waals surface area contributed by atoms with Gasteiger partial charge in [-0.15, -0.1) is 0 Å². The molecule has 2 nitrogen and oxygen atoms in total. The van der Waals surface area contributed by atoms with Crippen LogP contribution in [0.25, 0.3) is 87.0 Å². The van der Waals surface area contributed by atoms with Crippen molar-refractivity contribution in [2.24, 2.45) is 0 Å². The van der Waals surface area contributed by atoms with Crippen LogP contribution in [0.2, 0.25) is 0 Å². The molecule has 11 aromatic rings. The Balaban J connectivity index is 0.000000122. The van der Waals surface area contributed by atoms with E-state index in [-0.39, 0.29) is 0 Å². The van der Waals surface area contributed by atoms with E-state index in [4.69, 9.17) is 0 Å². The van der Waals surface area contributed by atoms with E-state index in [2.05, 4.69) is 192 Å². The van der Waals surface area contributed by atoms with Crippen LogP contribution in [0.5, 0.6) is 0 Å².